The lowest BCUT2D eigenvalue weighted by atomic mass is 10.3. The highest BCUT2D eigenvalue weighted by atomic mass is 16.2. The fourth-order valence-corrected chi connectivity index (χ4v) is 1.14. The lowest BCUT2D eigenvalue weighted by Gasteiger charge is -2.08. The lowest BCUT2D eigenvalue weighted by Crippen LogP contribution is -2.33. The largest absolute Gasteiger partial charge is 0.323 e. The normalized spacial score (nSPS) is 12.5. The predicted molar refractivity (Wildman–Crippen MR) is 82.4 cm³/mol. The van der Waals surface area contributed by atoms with Gasteiger partial charge in [-0.1, -0.05) is 50.1 Å². The molecule has 0 radical (unpaired) electrons. The predicted octanol–water partition coefficient (Wildman–Crippen LogP) is 3.74. The number of carbonyl (C=O) groups is 1. The molecule has 0 unspecified atom stereocenters. The quantitative estimate of drug-likeness (QED) is 0.669. The highest BCUT2D eigenvalue weighted by molar-refractivity contribution is 5.78. The van der Waals surface area contributed by atoms with Gasteiger partial charge in [-0.15, -0.1) is 0 Å². The summed E-state index contributed by atoms with van der Waals surface area (Å²) >= 11 is 0. The van der Waals surface area contributed by atoms with Crippen molar-refractivity contribution in [1.82, 2.24) is 10.6 Å². The monoisotopic (exact) mass is 256 g/mol. The van der Waals surface area contributed by atoms with Gasteiger partial charge in [0.15, 0.2) is 0 Å². The Hall–Kier alpha value is -2.55. The van der Waals surface area contributed by atoms with Crippen LogP contribution in [0, 0.1) is 0 Å². The molecule has 100 valence electrons. The molecule has 0 fully saturated rings. The Balaban J connectivity index is 4.66. The van der Waals surface area contributed by atoms with Crippen LogP contribution in [0.2, 0.25) is 0 Å². The van der Waals surface area contributed by atoms with E-state index in [2.05, 4.69) is 30.4 Å². The molecule has 0 saturated heterocycles. The van der Waals surface area contributed by atoms with Crippen LogP contribution in [0.15, 0.2) is 85.8 Å². The van der Waals surface area contributed by atoms with Crippen molar-refractivity contribution in [2.45, 2.75) is 6.92 Å². The molecule has 0 aromatic carbocycles. The Morgan fingerprint density at radius 2 is 1.63 bits per heavy atom. The van der Waals surface area contributed by atoms with E-state index in [-0.39, 0.29) is 6.03 Å². The molecule has 3 nitrogen and oxygen atoms in total. The molecule has 0 aromatic heterocycles. The third-order valence-corrected chi connectivity index (χ3v) is 1.90. The van der Waals surface area contributed by atoms with Crippen LogP contribution < -0.4 is 10.6 Å². The molecule has 2 N–H and O–H groups in total. The van der Waals surface area contributed by atoms with E-state index in [1.165, 1.54) is 0 Å². The highest BCUT2D eigenvalue weighted by Crippen LogP contribution is 1.95. The van der Waals surface area contributed by atoms with Gasteiger partial charge in [-0.05, 0) is 31.2 Å². The molecule has 0 aliphatic carbocycles. The van der Waals surface area contributed by atoms with Gasteiger partial charge in [0, 0.05) is 11.4 Å². The van der Waals surface area contributed by atoms with Crippen molar-refractivity contribution in [3.8, 4) is 0 Å². The van der Waals surface area contributed by atoms with Gasteiger partial charge < -0.3 is 10.6 Å². The maximum atomic E-state index is 11.7. The molecule has 3 heteroatoms. The average Bonchev–Trinajstić information content (AvgIpc) is 2.38. The van der Waals surface area contributed by atoms with E-state index in [0.717, 1.165) is 0 Å². The third kappa shape index (κ3) is 8.21. The molecule has 0 aromatic rings. The van der Waals surface area contributed by atoms with Crippen LogP contribution in [0.5, 0.6) is 0 Å². The molecule has 0 spiro atoms. The van der Waals surface area contributed by atoms with Crippen molar-refractivity contribution in [1.29, 1.82) is 0 Å². The van der Waals surface area contributed by atoms with Crippen LogP contribution in [-0.2, 0) is 0 Å². The molecule has 0 atom stereocenters. The number of hydrogen-bond acceptors (Lipinski definition) is 1. The minimum Gasteiger partial charge on any atom is -0.308 e. The van der Waals surface area contributed by atoms with Gasteiger partial charge in [-0.25, -0.2) is 4.79 Å². The van der Waals surface area contributed by atoms with E-state index in [9.17, 15) is 4.79 Å². The third-order valence-electron chi connectivity index (χ3n) is 1.90. The number of nitrogens with one attached hydrogen (secondary N) is 2. The van der Waals surface area contributed by atoms with E-state index in [1.807, 2.05) is 13.0 Å². The second-order valence-corrected chi connectivity index (χ2v) is 3.38. The van der Waals surface area contributed by atoms with E-state index < -0.39 is 0 Å². The number of amides is 2. The number of carbonyl (C=O) groups excluding carboxylic acids is 1. The summed E-state index contributed by atoms with van der Waals surface area (Å²) < 4.78 is 0. The standard InChI is InChI=1S/C16H20N2O/c1-5-9-10-13-14(8-4)17-16(19)18-15(11-6-2)12-7-3/h5-13H,1-2,4H2,3H3,(H2,17,18,19)/b10-9-,12-7-,14-13+,15-11+. The van der Waals surface area contributed by atoms with Crippen molar-refractivity contribution in [3.05, 3.63) is 85.8 Å². The number of urea groups is 1. The van der Waals surface area contributed by atoms with E-state index in [0.29, 0.717) is 11.4 Å². The van der Waals surface area contributed by atoms with Crippen molar-refractivity contribution >= 4 is 6.03 Å². The first kappa shape index (κ1) is 16.4. The molecule has 2 amide bonds. The van der Waals surface area contributed by atoms with Gasteiger partial charge in [0.05, 0.1) is 0 Å². The number of rotatable bonds is 7. The zero-order valence-corrected chi connectivity index (χ0v) is 11.2. The van der Waals surface area contributed by atoms with Crippen LogP contribution >= 0.6 is 0 Å². The van der Waals surface area contributed by atoms with Crippen molar-refractivity contribution in [2.24, 2.45) is 0 Å². The zero-order chi connectivity index (χ0) is 14.5. The van der Waals surface area contributed by atoms with Gasteiger partial charge >= 0.3 is 6.03 Å². The molecular formula is C16H20N2O. The van der Waals surface area contributed by atoms with E-state index in [4.69, 9.17) is 0 Å². The summed E-state index contributed by atoms with van der Waals surface area (Å²) in [5, 5.41) is 5.37. The Morgan fingerprint density at radius 3 is 2.16 bits per heavy atom. The Labute approximate surface area is 115 Å². The summed E-state index contributed by atoms with van der Waals surface area (Å²) in [7, 11) is 0. The second-order valence-electron chi connectivity index (χ2n) is 3.38. The van der Waals surface area contributed by atoms with Crippen LogP contribution in [0.1, 0.15) is 6.92 Å². The summed E-state index contributed by atoms with van der Waals surface area (Å²) in [4.78, 5) is 11.7. The minimum atomic E-state index is -0.343. The first-order valence-corrected chi connectivity index (χ1v) is 5.83. The maximum Gasteiger partial charge on any atom is 0.323 e. The molecule has 0 aliphatic heterocycles. The molecular weight excluding hydrogens is 236 g/mol. The molecule has 19 heavy (non-hydrogen) atoms. The summed E-state index contributed by atoms with van der Waals surface area (Å²) in [5.41, 5.74) is 1.24. The molecule has 0 aliphatic rings. The van der Waals surface area contributed by atoms with E-state index in [1.54, 1.807) is 48.6 Å². The summed E-state index contributed by atoms with van der Waals surface area (Å²) in [5.74, 6) is 0. The average molecular weight is 256 g/mol. The topological polar surface area (TPSA) is 41.1 Å². The minimum absolute atomic E-state index is 0.343. The maximum absolute atomic E-state index is 11.7. The summed E-state index contributed by atoms with van der Waals surface area (Å²) in [6.45, 7) is 12.6. The van der Waals surface area contributed by atoms with Gasteiger partial charge in [0.25, 0.3) is 0 Å². The summed E-state index contributed by atoms with van der Waals surface area (Å²) in [6, 6.07) is -0.343. The van der Waals surface area contributed by atoms with Crippen LogP contribution in [0.4, 0.5) is 4.79 Å². The first-order chi connectivity index (χ1) is 9.17. The van der Waals surface area contributed by atoms with Crippen LogP contribution in [-0.4, -0.2) is 6.03 Å². The Bertz CT molecular complexity index is 451. The number of allylic oxidation sites excluding steroid dienone is 9. The SMILES string of the molecule is C=C/C=C\C=C(/C=C)NC(=O)NC(/C=C\C)=C/C=C. The van der Waals surface area contributed by atoms with Crippen LogP contribution in [0.3, 0.4) is 0 Å². The second kappa shape index (κ2) is 10.6. The van der Waals surface area contributed by atoms with Gasteiger partial charge in [-0.2, -0.15) is 0 Å². The Morgan fingerprint density at radius 1 is 0.947 bits per heavy atom. The molecule has 0 bridgehead atoms. The zero-order valence-electron chi connectivity index (χ0n) is 11.2. The molecule has 0 saturated carbocycles. The van der Waals surface area contributed by atoms with Crippen LogP contribution in [0.25, 0.3) is 0 Å². The smallest absolute Gasteiger partial charge is 0.308 e. The van der Waals surface area contributed by atoms with Gasteiger partial charge in [-0.3, -0.25) is 0 Å². The van der Waals surface area contributed by atoms with Crippen molar-refractivity contribution < 1.29 is 4.79 Å². The fraction of sp³-hybridized carbons (Fsp3) is 0.0625. The summed E-state index contributed by atoms with van der Waals surface area (Å²) in [6.07, 6.45) is 15.3. The van der Waals surface area contributed by atoms with Crippen molar-refractivity contribution in [3.63, 3.8) is 0 Å². The Kier molecular flexibility index (Phi) is 9.17. The van der Waals surface area contributed by atoms with E-state index >= 15 is 0 Å². The number of hydrogen-bond donors (Lipinski definition) is 2. The molecule has 0 rings (SSSR count). The highest BCUT2D eigenvalue weighted by Gasteiger charge is 2.01. The molecule has 0 heterocycles. The fourth-order valence-electron chi connectivity index (χ4n) is 1.14. The van der Waals surface area contributed by atoms with Gasteiger partial charge in [0.2, 0.25) is 0 Å². The van der Waals surface area contributed by atoms with Crippen molar-refractivity contribution in [2.75, 3.05) is 0 Å². The lowest BCUT2D eigenvalue weighted by molar-refractivity contribution is 0.246. The van der Waals surface area contributed by atoms with Gasteiger partial charge in [0.1, 0.15) is 0 Å². The first-order valence-electron chi connectivity index (χ1n) is 5.83.